The zero-order chi connectivity index (χ0) is 14.1. The van der Waals surface area contributed by atoms with Gasteiger partial charge in [-0.05, 0) is 36.6 Å². The van der Waals surface area contributed by atoms with Crippen molar-refractivity contribution < 1.29 is 4.74 Å². The van der Waals surface area contributed by atoms with Crippen LogP contribution in [0.1, 0.15) is 13.3 Å². The lowest BCUT2D eigenvalue weighted by atomic mass is 9.95. The highest BCUT2D eigenvalue weighted by Crippen LogP contribution is 2.31. The summed E-state index contributed by atoms with van der Waals surface area (Å²) in [6, 6.07) is 8.40. The summed E-state index contributed by atoms with van der Waals surface area (Å²) in [6.07, 6.45) is 3.37. The van der Waals surface area contributed by atoms with Crippen LogP contribution in [-0.4, -0.2) is 31.3 Å². The van der Waals surface area contributed by atoms with Crippen molar-refractivity contribution in [1.82, 2.24) is 4.98 Å². The average Bonchev–Trinajstić information content (AvgIpc) is 2.47. The highest BCUT2D eigenvalue weighted by Gasteiger charge is 2.26. The number of ether oxygens (including phenoxy) is 1. The van der Waals surface area contributed by atoms with Crippen LogP contribution in [0.5, 0.6) is 0 Å². The summed E-state index contributed by atoms with van der Waals surface area (Å²) in [5, 5.41) is 1.21. The Bertz CT molecular complexity index is 616. The molecule has 2 aromatic rings. The number of piperidine rings is 1. The first-order chi connectivity index (χ1) is 9.69. The first-order valence-electron chi connectivity index (χ1n) is 7.01. The molecule has 3 nitrogen and oxygen atoms in total. The third-order valence-electron chi connectivity index (χ3n) is 4.21. The minimum Gasteiger partial charge on any atom is -0.379 e. The van der Waals surface area contributed by atoms with Crippen LogP contribution in [0.25, 0.3) is 10.9 Å². The minimum absolute atomic E-state index is 0.308. The van der Waals surface area contributed by atoms with Crippen LogP contribution in [0.3, 0.4) is 0 Å². The molecule has 4 heteroatoms. The van der Waals surface area contributed by atoms with Crippen molar-refractivity contribution in [3.8, 4) is 0 Å². The molecule has 2 heterocycles. The van der Waals surface area contributed by atoms with E-state index >= 15 is 0 Å². The molecule has 1 aliphatic heterocycles. The summed E-state index contributed by atoms with van der Waals surface area (Å²) >= 11 is 3.51. The maximum atomic E-state index is 5.62. The smallest absolute Gasteiger partial charge is 0.0772 e. The largest absolute Gasteiger partial charge is 0.379 e. The molecule has 1 aromatic heterocycles. The Morgan fingerprint density at radius 2 is 2.20 bits per heavy atom. The van der Waals surface area contributed by atoms with Gasteiger partial charge in [-0.1, -0.05) is 22.9 Å². The molecule has 1 aliphatic rings. The number of anilines is 1. The lowest BCUT2D eigenvalue weighted by Gasteiger charge is -2.38. The summed E-state index contributed by atoms with van der Waals surface area (Å²) in [5.41, 5.74) is 2.29. The molecule has 1 saturated heterocycles. The van der Waals surface area contributed by atoms with Gasteiger partial charge in [0.2, 0.25) is 0 Å². The number of aromatic nitrogens is 1. The van der Waals surface area contributed by atoms with Crippen molar-refractivity contribution in [3.63, 3.8) is 0 Å². The highest BCUT2D eigenvalue weighted by molar-refractivity contribution is 9.10. The second-order valence-electron chi connectivity index (χ2n) is 5.48. The highest BCUT2D eigenvalue weighted by atomic mass is 79.9. The normalized spacial score (nSPS) is 23.2. The van der Waals surface area contributed by atoms with Gasteiger partial charge in [-0.3, -0.25) is 4.98 Å². The number of halogens is 1. The molecule has 20 heavy (non-hydrogen) atoms. The molecule has 0 radical (unpaired) electrons. The van der Waals surface area contributed by atoms with Crippen LogP contribution in [0.15, 0.2) is 34.9 Å². The Hall–Kier alpha value is -1.13. The molecule has 0 amide bonds. The lowest BCUT2D eigenvalue weighted by Crippen LogP contribution is -2.44. The number of benzene rings is 1. The van der Waals surface area contributed by atoms with Gasteiger partial charge in [0, 0.05) is 41.9 Å². The molecule has 2 unspecified atom stereocenters. The molecule has 0 bridgehead atoms. The SMILES string of the molecule is COC1CN(c2ccnc3cc(Br)ccc23)CCC1C. The van der Waals surface area contributed by atoms with E-state index in [4.69, 9.17) is 4.74 Å². The number of rotatable bonds is 2. The van der Waals surface area contributed by atoms with Crippen molar-refractivity contribution in [2.24, 2.45) is 5.92 Å². The molecule has 106 valence electrons. The number of hydrogen-bond acceptors (Lipinski definition) is 3. The average molecular weight is 335 g/mol. The second kappa shape index (κ2) is 5.70. The molecule has 0 N–H and O–H groups in total. The minimum atomic E-state index is 0.308. The van der Waals surface area contributed by atoms with Crippen LogP contribution < -0.4 is 4.90 Å². The van der Waals surface area contributed by atoms with Crippen molar-refractivity contribution in [3.05, 3.63) is 34.9 Å². The summed E-state index contributed by atoms with van der Waals surface area (Å²) in [4.78, 5) is 6.89. The number of fused-ring (bicyclic) bond motifs is 1. The fourth-order valence-corrected chi connectivity index (χ4v) is 3.29. The Balaban J connectivity index is 1.98. The first-order valence-corrected chi connectivity index (χ1v) is 7.80. The van der Waals surface area contributed by atoms with E-state index in [1.165, 1.54) is 17.5 Å². The molecular formula is C16H19BrN2O. The monoisotopic (exact) mass is 334 g/mol. The van der Waals surface area contributed by atoms with E-state index in [1.807, 2.05) is 13.3 Å². The van der Waals surface area contributed by atoms with Crippen LogP contribution in [0, 0.1) is 5.92 Å². The molecule has 1 aromatic carbocycles. The van der Waals surface area contributed by atoms with Crippen molar-refractivity contribution >= 4 is 32.5 Å². The van der Waals surface area contributed by atoms with Crippen molar-refractivity contribution in [2.45, 2.75) is 19.4 Å². The van der Waals surface area contributed by atoms with Gasteiger partial charge in [0.05, 0.1) is 11.6 Å². The van der Waals surface area contributed by atoms with Gasteiger partial charge in [0.15, 0.2) is 0 Å². The number of hydrogen-bond donors (Lipinski definition) is 0. The fraction of sp³-hybridized carbons (Fsp3) is 0.438. The molecule has 2 atom stereocenters. The molecule has 0 spiro atoms. The third-order valence-corrected chi connectivity index (χ3v) is 4.71. The van der Waals surface area contributed by atoms with Gasteiger partial charge >= 0.3 is 0 Å². The summed E-state index contributed by atoms with van der Waals surface area (Å²) in [5.74, 6) is 0.624. The van der Waals surface area contributed by atoms with Crippen LogP contribution in [-0.2, 0) is 4.74 Å². The zero-order valence-electron chi connectivity index (χ0n) is 11.8. The third kappa shape index (κ3) is 2.54. The van der Waals surface area contributed by atoms with Crippen molar-refractivity contribution in [2.75, 3.05) is 25.1 Å². The molecule has 1 fully saturated rings. The summed E-state index contributed by atoms with van der Waals surface area (Å²) in [7, 11) is 1.81. The maximum absolute atomic E-state index is 5.62. The predicted molar refractivity (Wildman–Crippen MR) is 86.2 cm³/mol. The molecule has 3 rings (SSSR count). The summed E-state index contributed by atoms with van der Waals surface area (Å²) in [6.45, 7) is 4.30. The van der Waals surface area contributed by atoms with Gasteiger partial charge in [-0.25, -0.2) is 0 Å². The van der Waals surface area contributed by atoms with Gasteiger partial charge < -0.3 is 9.64 Å². The second-order valence-corrected chi connectivity index (χ2v) is 6.39. The van der Waals surface area contributed by atoms with E-state index in [9.17, 15) is 0 Å². The van der Waals surface area contributed by atoms with E-state index in [-0.39, 0.29) is 0 Å². The van der Waals surface area contributed by atoms with Crippen molar-refractivity contribution in [1.29, 1.82) is 0 Å². The Morgan fingerprint density at radius 3 is 3.00 bits per heavy atom. The number of methoxy groups -OCH3 is 1. The van der Waals surface area contributed by atoms with E-state index in [0.717, 1.165) is 23.1 Å². The van der Waals surface area contributed by atoms with E-state index < -0.39 is 0 Å². The Morgan fingerprint density at radius 1 is 1.35 bits per heavy atom. The van der Waals surface area contributed by atoms with Crippen LogP contribution >= 0.6 is 15.9 Å². The number of nitrogens with zero attached hydrogens (tertiary/aromatic N) is 2. The summed E-state index contributed by atoms with van der Waals surface area (Å²) < 4.78 is 6.69. The predicted octanol–water partition coefficient (Wildman–Crippen LogP) is 3.86. The molecule has 0 saturated carbocycles. The Labute approximate surface area is 128 Å². The van der Waals surface area contributed by atoms with Gasteiger partial charge in [-0.2, -0.15) is 0 Å². The molecule has 0 aliphatic carbocycles. The van der Waals surface area contributed by atoms with E-state index in [1.54, 1.807) is 0 Å². The first kappa shape index (κ1) is 13.8. The number of pyridine rings is 1. The topological polar surface area (TPSA) is 25.4 Å². The lowest BCUT2D eigenvalue weighted by molar-refractivity contribution is 0.0499. The van der Waals surface area contributed by atoms with Gasteiger partial charge in [0.25, 0.3) is 0 Å². The van der Waals surface area contributed by atoms with Crippen LogP contribution in [0.2, 0.25) is 0 Å². The quantitative estimate of drug-likeness (QED) is 0.833. The van der Waals surface area contributed by atoms with E-state index in [0.29, 0.717) is 12.0 Å². The fourth-order valence-electron chi connectivity index (χ4n) is 2.94. The molecular weight excluding hydrogens is 316 g/mol. The van der Waals surface area contributed by atoms with Gasteiger partial charge in [-0.15, -0.1) is 0 Å². The van der Waals surface area contributed by atoms with Crippen LogP contribution in [0.4, 0.5) is 5.69 Å². The standard InChI is InChI=1S/C16H19BrN2O/c1-11-6-8-19(10-16(11)20-2)15-5-7-18-14-9-12(17)3-4-13(14)15/h3-5,7,9,11,16H,6,8,10H2,1-2H3. The van der Waals surface area contributed by atoms with E-state index in [2.05, 4.69) is 57.0 Å². The Kier molecular flexibility index (Phi) is 3.94. The zero-order valence-corrected chi connectivity index (χ0v) is 13.4. The van der Waals surface area contributed by atoms with Gasteiger partial charge in [0.1, 0.15) is 0 Å². The maximum Gasteiger partial charge on any atom is 0.0772 e.